The van der Waals surface area contributed by atoms with Crippen LogP contribution in [0.2, 0.25) is 0 Å². The number of hydrogen-bond donors (Lipinski definition) is 1. The van der Waals surface area contributed by atoms with E-state index in [9.17, 15) is 0 Å². The van der Waals surface area contributed by atoms with Crippen molar-refractivity contribution >= 4 is 16.7 Å². The van der Waals surface area contributed by atoms with E-state index in [0.717, 1.165) is 42.8 Å². The molecule has 4 heteroatoms. The molecule has 2 N–H and O–H groups in total. The van der Waals surface area contributed by atoms with Gasteiger partial charge in [-0.05, 0) is 30.5 Å². The third-order valence-corrected chi connectivity index (χ3v) is 3.75. The summed E-state index contributed by atoms with van der Waals surface area (Å²) in [7, 11) is 0. The van der Waals surface area contributed by atoms with Gasteiger partial charge in [-0.2, -0.15) is 0 Å². The lowest BCUT2D eigenvalue weighted by atomic mass is 10.1. The van der Waals surface area contributed by atoms with E-state index in [2.05, 4.69) is 22.5 Å². The van der Waals surface area contributed by atoms with Crippen LogP contribution in [0.15, 0.2) is 42.7 Å². The maximum absolute atomic E-state index is 6.02. The quantitative estimate of drug-likeness (QED) is 0.730. The van der Waals surface area contributed by atoms with Gasteiger partial charge in [-0.1, -0.05) is 25.1 Å². The first-order valence-corrected chi connectivity index (χ1v) is 7.42. The minimum absolute atomic E-state index is 0.859. The third-order valence-electron chi connectivity index (χ3n) is 3.75. The van der Waals surface area contributed by atoms with Crippen molar-refractivity contribution in [3.63, 3.8) is 0 Å². The van der Waals surface area contributed by atoms with Gasteiger partial charge in [-0.15, -0.1) is 0 Å². The van der Waals surface area contributed by atoms with Gasteiger partial charge in [0.25, 0.3) is 0 Å². The highest BCUT2D eigenvalue weighted by atomic mass is 15.1. The lowest BCUT2D eigenvalue weighted by Gasteiger charge is -2.08. The fourth-order valence-corrected chi connectivity index (χ4v) is 2.70. The summed E-state index contributed by atoms with van der Waals surface area (Å²) >= 11 is 0. The summed E-state index contributed by atoms with van der Waals surface area (Å²) in [4.78, 5) is 8.90. The van der Waals surface area contributed by atoms with Crippen molar-refractivity contribution in [2.45, 2.75) is 32.7 Å². The molecule has 108 valence electrons. The van der Waals surface area contributed by atoms with E-state index in [1.807, 2.05) is 36.7 Å². The van der Waals surface area contributed by atoms with Crippen LogP contribution < -0.4 is 5.73 Å². The molecule has 0 radical (unpaired) electrons. The summed E-state index contributed by atoms with van der Waals surface area (Å²) in [5.74, 6) is 1.11. The van der Waals surface area contributed by atoms with Crippen molar-refractivity contribution in [3.8, 4) is 0 Å². The number of benzene rings is 1. The van der Waals surface area contributed by atoms with Gasteiger partial charge in [0.2, 0.25) is 0 Å². The summed E-state index contributed by atoms with van der Waals surface area (Å²) in [5, 5.41) is 0. The first-order valence-electron chi connectivity index (χ1n) is 7.42. The highest BCUT2D eigenvalue weighted by molar-refractivity contribution is 5.74. The Morgan fingerprint density at radius 3 is 2.81 bits per heavy atom. The lowest BCUT2D eigenvalue weighted by Crippen LogP contribution is -2.06. The van der Waals surface area contributed by atoms with E-state index < -0.39 is 0 Å². The van der Waals surface area contributed by atoms with E-state index in [0.29, 0.717) is 0 Å². The lowest BCUT2D eigenvalue weighted by molar-refractivity contribution is 0.650. The van der Waals surface area contributed by atoms with Gasteiger partial charge in [-0.3, -0.25) is 4.98 Å². The smallest absolute Gasteiger partial charge is 0.110 e. The van der Waals surface area contributed by atoms with E-state index >= 15 is 0 Å². The van der Waals surface area contributed by atoms with Gasteiger partial charge >= 0.3 is 0 Å². The number of rotatable bonds is 5. The standard InChI is InChI=1S/C17H20N4/c1-2-11-21-16-9-10-19-12-15(16)20-17(21)8-7-13-5-3-4-6-14(13)18/h3-6,9-10,12H,2,7-8,11,18H2,1H3. The predicted molar refractivity (Wildman–Crippen MR) is 86.1 cm³/mol. The molecule has 0 amide bonds. The number of fused-ring (bicyclic) bond motifs is 1. The minimum atomic E-state index is 0.859. The summed E-state index contributed by atoms with van der Waals surface area (Å²) in [5.41, 5.74) is 10.2. The summed E-state index contributed by atoms with van der Waals surface area (Å²) < 4.78 is 2.30. The van der Waals surface area contributed by atoms with Crippen molar-refractivity contribution < 1.29 is 0 Å². The van der Waals surface area contributed by atoms with E-state index in [1.54, 1.807) is 0 Å². The van der Waals surface area contributed by atoms with Gasteiger partial charge < -0.3 is 10.3 Å². The molecule has 0 saturated heterocycles. The monoisotopic (exact) mass is 280 g/mol. The van der Waals surface area contributed by atoms with Crippen LogP contribution in [0.5, 0.6) is 0 Å². The second-order valence-electron chi connectivity index (χ2n) is 5.24. The zero-order valence-electron chi connectivity index (χ0n) is 12.3. The Labute approximate surface area is 124 Å². The molecular weight excluding hydrogens is 260 g/mol. The van der Waals surface area contributed by atoms with Crippen molar-refractivity contribution in [3.05, 3.63) is 54.1 Å². The molecule has 2 aromatic heterocycles. The van der Waals surface area contributed by atoms with E-state index in [4.69, 9.17) is 10.7 Å². The number of anilines is 1. The zero-order valence-corrected chi connectivity index (χ0v) is 12.3. The first-order chi connectivity index (χ1) is 10.3. The highest BCUT2D eigenvalue weighted by Crippen LogP contribution is 2.19. The summed E-state index contributed by atoms with van der Waals surface area (Å²) in [6.07, 6.45) is 6.56. The van der Waals surface area contributed by atoms with Crippen molar-refractivity contribution in [1.29, 1.82) is 0 Å². The fraction of sp³-hybridized carbons (Fsp3) is 0.294. The van der Waals surface area contributed by atoms with Crippen LogP contribution >= 0.6 is 0 Å². The molecule has 0 fully saturated rings. The molecule has 0 aliphatic heterocycles. The van der Waals surface area contributed by atoms with Gasteiger partial charge in [0, 0.05) is 24.8 Å². The number of pyridine rings is 1. The van der Waals surface area contributed by atoms with Gasteiger partial charge in [0.1, 0.15) is 11.3 Å². The summed E-state index contributed by atoms with van der Waals surface area (Å²) in [6, 6.07) is 10.1. The second kappa shape index (κ2) is 5.95. The molecule has 4 nitrogen and oxygen atoms in total. The molecule has 0 spiro atoms. The number of aryl methyl sites for hydroxylation is 3. The van der Waals surface area contributed by atoms with E-state index in [-0.39, 0.29) is 0 Å². The number of aromatic nitrogens is 3. The maximum Gasteiger partial charge on any atom is 0.110 e. The van der Waals surface area contributed by atoms with Crippen LogP contribution in [0.3, 0.4) is 0 Å². The SMILES string of the molecule is CCCn1c(CCc2ccccc2N)nc2cnccc21. The maximum atomic E-state index is 6.02. The van der Waals surface area contributed by atoms with Crippen LogP contribution in [0.4, 0.5) is 5.69 Å². The van der Waals surface area contributed by atoms with Crippen LogP contribution in [0, 0.1) is 0 Å². The van der Waals surface area contributed by atoms with Gasteiger partial charge in [0.05, 0.1) is 11.7 Å². The van der Waals surface area contributed by atoms with Crippen LogP contribution in [-0.4, -0.2) is 14.5 Å². The third kappa shape index (κ3) is 2.75. The molecule has 0 atom stereocenters. The van der Waals surface area contributed by atoms with Crippen molar-refractivity contribution in [2.24, 2.45) is 0 Å². The molecule has 2 heterocycles. The Morgan fingerprint density at radius 1 is 1.14 bits per heavy atom. The number of nitrogens with two attached hydrogens (primary N) is 1. The van der Waals surface area contributed by atoms with Gasteiger partial charge in [0.15, 0.2) is 0 Å². The Bertz CT molecular complexity index is 745. The molecule has 3 aromatic rings. The van der Waals surface area contributed by atoms with Crippen LogP contribution in [0.25, 0.3) is 11.0 Å². The molecule has 1 aromatic carbocycles. The Hall–Kier alpha value is -2.36. The number of hydrogen-bond acceptors (Lipinski definition) is 3. The van der Waals surface area contributed by atoms with E-state index in [1.165, 1.54) is 11.1 Å². The topological polar surface area (TPSA) is 56.7 Å². The summed E-state index contributed by atoms with van der Waals surface area (Å²) in [6.45, 7) is 3.17. The number of para-hydroxylation sites is 1. The highest BCUT2D eigenvalue weighted by Gasteiger charge is 2.10. The van der Waals surface area contributed by atoms with Crippen LogP contribution in [-0.2, 0) is 19.4 Å². The molecule has 0 aliphatic carbocycles. The van der Waals surface area contributed by atoms with Gasteiger partial charge in [-0.25, -0.2) is 4.98 Å². The Kier molecular flexibility index (Phi) is 3.86. The Balaban J connectivity index is 1.89. The van der Waals surface area contributed by atoms with Crippen molar-refractivity contribution in [1.82, 2.24) is 14.5 Å². The molecule has 3 rings (SSSR count). The molecular formula is C17H20N4. The predicted octanol–water partition coefficient (Wildman–Crippen LogP) is 3.21. The second-order valence-corrected chi connectivity index (χ2v) is 5.24. The molecule has 21 heavy (non-hydrogen) atoms. The number of nitrogen functional groups attached to an aromatic ring is 1. The largest absolute Gasteiger partial charge is 0.399 e. The Morgan fingerprint density at radius 2 is 2.00 bits per heavy atom. The molecule has 0 saturated carbocycles. The molecule has 0 aliphatic rings. The fourth-order valence-electron chi connectivity index (χ4n) is 2.70. The van der Waals surface area contributed by atoms with Crippen molar-refractivity contribution in [2.75, 3.05) is 5.73 Å². The normalized spacial score (nSPS) is 11.1. The minimum Gasteiger partial charge on any atom is -0.399 e. The average Bonchev–Trinajstić information content (AvgIpc) is 2.85. The average molecular weight is 280 g/mol. The zero-order chi connectivity index (χ0) is 14.7. The molecule has 0 unspecified atom stereocenters. The number of nitrogens with zero attached hydrogens (tertiary/aromatic N) is 3. The first kappa shape index (κ1) is 13.6. The molecule has 0 bridgehead atoms. The number of imidazole rings is 1. The van der Waals surface area contributed by atoms with Crippen LogP contribution in [0.1, 0.15) is 24.7 Å².